The molecule has 0 atom stereocenters. The lowest BCUT2D eigenvalue weighted by atomic mass is 10.1. The SMILES string of the molecule is CN=C/C=C(\C)COc1ccc(Cc2cc(-c3cccnc3N)on2)cc1. The molecule has 0 spiro atoms. The van der Waals surface area contributed by atoms with E-state index in [-0.39, 0.29) is 0 Å². The van der Waals surface area contributed by atoms with Gasteiger partial charge in [-0.2, -0.15) is 0 Å². The third-order valence-electron chi connectivity index (χ3n) is 3.95. The Hall–Kier alpha value is -3.41. The van der Waals surface area contributed by atoms with Gasteiger partial charge in [-0.3, -0.25) is 4.99 Å². The summed E-state index contributed by atoms with van der Waals surface area (Å²) in [5.74, 6) is 1.87. The summed E-state index contributed by atoms with van der Waals surface area (Å²) in [4.78, 5) is 8.00. The predicted molar refractivity (Wildman–Crippen MR) is 107 cm³/mol. The Kier molecular flexibility index (Phi) is 5.99. The smallest absolute Gasteiger partial charge is 0.170 e. The van der Waals surface area contributed by atoms with Gasteiger partial charge in [-0.15, -0.1) is 0 Å². The average Bonchev–Trinajstić information content (AvgIpc) is 3.14. The van der Waals surface area contributed by atoms with E-state index in [1.165, 1.54) is 0 Å². The average molecular weight is 362 g/mol. The fourth-order valence-electron chi connectivity index (χ4n) is 2.51. The largest absolute Gasteiger partial charge is 0.489 e. The van der Waals surface area contributed by atoms with Gasteiger partial charge in [0.05, 0.1) is 11.3 Å². The van der Waals surface area contributed by atoms with Crippen molar-refractivity contribution in [2.45, 2.75) is 13.3 Å². The molecule has 27 heavy (non-hydrogen) atoms. The predicted octanol–water partition coefficient (Wildman–Crippen LogP) is 3.94. The van der Waals surface area contributed by atoms with Gasteiger partial charge in [-0.25, -0.2) is 4.98 Å². The lowest BCUT2D eigenvalue weighted by Gasteiger charge is -2.06. The zero-order valence-electron chi connectivity index (χ0n) is 15.4. The summed E-state index contributed by atoms with van der Waals surface area (Å²) < 4.78 is 11.2. The van der Waals surface area contributed by atoms with Gasteiger partial charge in [0, 0.05) is 31.9 Å². The quantitative estimate of drug-likeness (QED) is 0.643. The van der Waals surface area contributed by atoms with Crippen LogP contribution in [-0.4, -0.2) is 30.0 Å². The maximum Gasteiger partial charge on any atom is 0.170 e. The van der Waals surface area contributed by atoms with Gasteiger partial charge in [0.15, 0.2) is 5.76 Å². The van der Waals surface area contributed by atoms with E-state index in [0.717, 1.165) is 28.1 Å². The third-order valence-corrected chi connectivity index (χ3v) is 3.95. The van der Waals surface area contributed by atoms with Crippen LogP contribution in [0.4, 0.5) is 5.82 Å². The molecule has 0 amide bonds. The molecule has 0 saturated heterocycles. The van der Waals surface area contributed by atoms with Gasteiger partial charge in [-0.05, 0) is 48.4 Å². The molecule has 2 heterocycles. The fraction of sp³-hybridized carbons (Fsp3) is 0.190. The Morgan fingerprint density at radius 1 is 1.26 bits per heavy atom. The molecule has 6 heteroatoms. The molecule has 138 valence electrons. The van der Waals surface area contributed by atoms with Crippen LogP contribution in [-0.2, 0) is 6.42 Å². The number of pyridine rings is 1. The summed E-state index contributed by atoms with van der Waals surface area (Å²) in [6.45, 7) is 2.54. The second-order valence-electron chi connectivity index (χ2n) is 6.15. The Morgan fingerprint density at radius 2 is 2.07 bits per heavy atom. The van der Waals surface area contributed by atoms with Gasteiger partial charge in [0.2, 0.25) is 0 Å². The Labute approximate surface area is 158 Å². The highest BCUT2D eigenvalue weighted by Crippen LogP contribution is 2.25. The van der Waals surface area contributed by atoms with Crippen molar-refractivity contribution < 1.29 is 9.26 Å². The number of ether oxygens (including phenoxy) is 1. The molecule has 2 aromatic heterocycles. The van der Waals surface area contributed by atoms with Crippen molar-refractivity contribution in [1.29, 1.82) is 0 Å². The van der Waals surface area contributed by atoms with E-state index in [2.05, 4.69) is 15.1 Å². The maximum atomic E-state index is 5.88. The number of hydrogen-bond acceptors (Lipinski definition) is 6. The summed E-state index contributed by atoms with van der Waals surface area (Å²) in [6, 6.07) is 13.5. The van der Waals surface area contributed by atoms with Crippen LogP contribution in [0.5, 0.6) is 5.75 Å². The molecular formula is C21H22N4O2. The number of benzene rings is 1. The highest BCUT2D eigenvalue weighted by Gasteiger charge is 2.10. The molecule has 0 unspecified atom stereocenters. The van der Waals surface area contributed by atoms with E-state index in [0.29, 0.717) is 24.6 Å². The molecule has 2 N–H and O–H groups in total. The van der Waals surface area contributed by atoms with Crippen LogP contribution in [0, 0.1) is 0 Å². The van der Waals surface area contributed by atoms with E-state index >= 15 is 0 Å². The Bertz CT molecular complexity index is 943. The number of nitrogen functional groups attached to an aromatic ring is 1. The molecule has 3 aromatic rings. The highest BCUT2D eigenvalue weighted by atomic mass is 16.5. The molecule has 0 fully saturated rings. The van der Waals surface area contributed by atoms with Gasteiger partial charge < -0.3 is 15.0 Å². The first-order valence-electron chi connectivity index (χ1n) is 8.62. The van der Waals surface area contributed by atoms with Crippen molar-refractivity contribution in [2.24, 2.45) is 4.99 Å². The normalized spacial score (nSPS) is 11.9. The molecule has 3 rings (SSSR count). The molecular weight excluding hydrogens is 340 g/mol. The van der Waals surface area contributed by atoms with E-state index < -0.39 is 0 Å². The first-order valence-corrected chi connectivity index (χ1v) is 8.62. The van der Waals surface area contributed by atoms with Crippen LogP contribution in [0.15, 0.2) is 69.8 Å². The van der Waals surface area contributed by atoms with E-state index in [4.69, 9.17) is 15.0 Å². The lowest BCUT2D eigenvalue weighted by Crippen LogP contribution is -1.99. The maximum absolute atomic E-state index is 5.88. The molecule has 0 saturated carbocycles. The number of aromatic nitrogens is 2. The number of hydrogen-bond donors (Lipinski definition) is 1. The number of aliphatic imine (C=N–C) groups is 1. The van der Waals surface area contributed by atoms with E-state index in [9.17, 15) is 0 Å². The second kappa shape index (κ2) is 8.80. The van der Waals surface area contributed by atoms with Crippen LogP contribution >= 0.6 is 0 Å². The molecule has 6 nitrogen and oxygen atoms in total. The molecule has 0 aliphatic carbocycles. The summed E-state index contributed by atoms with van der Waals surface area (Å²) in [6.07, 6.45) is 6.00. The van der Waals surface area contributed by atoms with E-state index in [1.807, 2.05) is 55.5 Å². The van der Waals surface area contributed by atoms with Crippen LogP contribution in [0.3, 0.4) is 0 Å². The zero-order valence-corrected chi connectivity index (χ0v) is 15.4. The van der Waals surface area contributed by atoms with Crippen LogP contribution < -0.4 is 10.5 Å². The first kappa shape index (κ1) is 18.4. The van der Waals surface area contributed by atoms with Crippen molar-refractivity contribution >= 4 is 12.0 Å². The minimum atomic E-state index is 0.427. The summed E-state index contributed by atoms with van der Waals surface area (Å²) in [5, 5.41) is 4.13. The summed E-state index contributed by atoms with van der Waals surface area (Å²) in [7, 11) is 1.74. The van der Waals surface area contributed by atoms with Crippen LogP contribution in [0.25, 0.3) is 11.3 Å². The molecule has 0 radical (unpaired) electrons. The minimum absolute atomic E-state index is 0.427. The number of rotatable bonds is 7. The van der Waals surface area contributed by atoms with Gasteiger partial charge in [-0.1, -0.05) is 17.3 Å². The van der Waals surface area contributed by atoms with Gasteiger partial charge in [0.25, 0.3) is 0 Å². The topological polar surface area (TPSA) is 86.5 Å². The summed E-state index contributed by atoms with van der Waals surface area (Å²) >= 11 is 0. The molecule has 0 aliphatic rings. The van der Waals surface area contributed by atoms with Crippen molar-refractivity contribution in [3.8, 4) is 17.1 Å². The zero-order chi connectivity index (χ0) is 19.1. The lowest BCUT2D eigenvalue weighted by molar-refractivity contribution is 0.352. The van der Waals surface area contributed by atoms with Crippen molar-refractivity contribution in [3.05, 3.63) is 71.6 Å². The number of anilines is 1. The van der Waals surface area contributed by atoms with Gasteiger partial charge in [0.1, 0.15) is 18.2 Å². The Morgan fingerprint density at radius 3 is 2.81 bits per heavy atom. The first-order chi connectivity index (χ1) is 13.2. The second-order valence-corrected chi connectivity index (χ2v) is 6.15. The minimum Gasteiger partial charge on any atom is -0.489 e. The monoisotopic (exact) mass is 362 g/mol. The molecule has 0 bridgehead atoms. The number of nitrogens with two attached hydrogens (primary N) is 1. The molecule has 1 aromatic carbocycles. The van der Waals surface area contributed by atoms with Crippen molar-refractivity contribution in [3.63, 3.8) is 0 Å². The van der Waals surface area contributed by atoms with Gasteiger partial charge >= 0.3 is 0 Å². The standard InChI is InChI=1S/C21H22N4O2/c1-15(9-11-23-2)14-26-18-7-5-16(6-8-18)12-17-13-20(27-25-17)19-4-3-10-24-21(19)22/h3-11,13H,12,14H2,1-2H3,(H2,22,24)/b15-9+,23-11?. The van der Waals surface area contributed by atoms with Crippen molar-refractivity contribution in [2.75, 3.05) is 19.4 Å². The molecule has 0 aliphatic heterocycles. The number of allylic oxidation sites excluding steroid dienone is 1. The van der Waals surface area contributed by atoms with Crippen LogP contribution in [0.1, 0.15) is 18.2 Å². The Balaban J connectivity index is 1.61. The van der Waals surface area contributed by atoms with Crippen LogP contribution in [0.2, 0.25) is 0 Å². The summed E-state index contributed by atoms with van der Waals surface area (Å²) in [5.41, 5.74) is 9.69. The third kappa shape index (κ3) is 5.04. The number of nitrogens with zero attached hydrogens (tertiary/aromatic N) is 3. The van der Waals surface area contributed by atoms with E-state index in [1.54, 1.807) is 19.5 Å². The fourth-order valence-corrected chi connectivity index (χ4v) is 2.51. The van der Waals surface area contributed by atoms with Crippen molar-refractivity contribution in [1.82, 2.24) is 10.1 Å². The highest BCUT2D eigenvalue weighted by molar-refractivity contribution is 5.71.